The molecule has 0 radical (unpaired) electrons. The van der Waals surface area contributed by atoms with Gasteiger partial charge < -0.3 is 8.37 Å². The number of hydrogen-bond donors (Lipinski definition) is 0. The van der Waals surface area contributed by atoms with Gasteiger partial charge in [-0.05, 0) is 38.1 Å². The van der Waals surface area contributed by atoms with E-state index in [9.17, 15) is 27.4 Å². The van der Waals surface area contributed by atoms with Crippen LogP contribution in [0.4, 0.5) is 0 Å². The van der Waals surface area contributed by atoms with Crippen LogP contribution in [0, 0.1) is 36.5 Å². The van der Waals surface area contributed by atoms with E-state index >= 15 is 0 Å². The Balaban J connectivity index is 1.93. The Labute approximate surface area is 208 Å². The highest BCUT2D eigenvalue weighted by Crippen LogP contribution is 2.42. The van der Waals surface area contributed by atoms with Gasteiger partial charge >= 0.3 is 20.2 Å². The third-order valence-corrected chi connectivity index (χ3v) is 7.82. The summed E-state index contributed by atoms with van der Waals surface area (Å²) in [4.78, 5) is -0.302. The number of nitrogens with zero attached hydrogens (tertiary/aromatic N) is 2. The number of aryl methyl sites for hydroxylation is 2. The summed E-state index contributed by atoms with van der Waals surface area (Å²) in [7, 11) is -8.79. The largest absolute Gasteiger partial charge is 0.377 e. The van der Waals surface area contributed by atoms with Gasteiger partial charge in [0.1, 0.15) is 33.1 Å². The van der Waals surface area contributed by atoms with E-state index < -0.39 is 42.9 Å². The number of rotatable bonds is 6. The van der Waals surface area contributed by atoms with Crippen LogP contribution < -0.4 is 8.37 Å². The molecule has 0 heterocycles. The van der Waals surface area contributed by atoms with Crippen molar-refractivity contribution in [2.45, 2.75) is 23.6 Å². The van der Waals surface area contributed by atoms with Crippen molar-refractivity contribution in [1.29, 1.82) is 10.5 Å². The summed E-state index contributed by atoms with van der Waals surface area (Å²) in [5, 5.41) is 19.9. The Kier molecular flexibility index (Phi) is 6.42. The second-order valence-electron chi connectivity index (χ2n) is 7.88. The van der Waals surface area contributed by atoms with E-state index in [1.807, 2.05) is 0 Å². The maximum absolute atomic E-state index is 13.0. The molecule has 0 atom stereocenters. The molecule has 0 aromatic heterocycles. The van der Waals surface area contributed by atoms with Crippen molar-refractivity contribution in [3.8, 4) is 23.6 Å². The van der Waals surface area contributed by atoms with E-state index in [1.165, 1.54) is 36.4 Å². The van der Waals surface area contributed by atoms with Gasteiger partial charge in [0.25, 0.3) is 0 Å². The lowest BCUT2D eigenvalue weighted by molar-refractivity contribution is 0.480. The number of benzene rings is 4. The highest BCUT2D eigenvalue weighted by molar-refractivity contribution is 7.87. The van der Waals surface area contributed by atoms with E-state index in [-0.39, 0.29) is 20.6 Å². The van der Waals surface area contributed by atoms with Gasteiger partial charge in [-0.25, -0.2) is 0 Å². The molecule has 0 saturated heterocycles. The molecule has 4 aromatic carbocycles. The first-order valence-electron chi connectivity index (χ1n) is 10.5. The second kappa shape index (κ2) is 9.34. The van der Waals surface area contributed by atoms with Crippen LogP contribution in [0.2, 0.25) is 0 Å². The molecule has 0 N–H and O–H groups in total. The fraction of sp³-hybridized carbons (Fsp3) is 0.0769. The minimum Gasteiger partial charge on any atom is -0.377 e. The van der Waals surface area contributed by atoms with Crippen LogP contribution in [0.1, 0.15) is 22.3 Å². The summed E-state index contributed by atoms with van der Waals surface area (Å²) in [6, 6.07) is 21.3. The first kappa shape index (κ1) is 24.7. The van der Waals surface area contributed by atoms with Gasteiger partial charge in [-0.1, -0.05) is 59.7 Å². The molecule has 0 aliphatic rings. The quantitative estimate of drug-likeness (QED) is 0.334. The minimum absolute atomic E-state index is 0.0813. The van der Waals surface area contributed by atoms with Gasteiger partial charge in [0.15, 0.2) is 11.5 Å². The van der Waals surface area contributed by atoms with Crippen LogP contribution in [0.3, 0.4) is 0 Å². The Morgan fingerprint density at radius 3 is 1.22 bits per heavy atom. The molecule has 0 bridgehead atoms. The number of hydrogen-bond acceptors (Lipinski definition) is 8. The Hall–Kier alpha value is -4.38. The van der Waals surface area contributed by atoms with E-state index in [4.69, 9.17) is 8.37 Å². The van der Waals surface area contributed by atoms with Crippen molar-refractivity contribution >= 4 is 31.0 Å². The normalized spacial score (nSPS) is 11.4. The second-order valence-corrected chi connectivity index (χ2v) is 11.0. The van der Waals surface area contributed by atoms with Crippen molar-refractivity contribution in [3.63, 3.8) is 0 Å². The molecule has 0 fully saturated rings. The predicted octanol–water partition coefficient (Wildman–Crippen LogP) is 4.74. The molecule has 0 amide bonds. The smallest absolute Gasteiger partial charge is 0.339 e. The first-order chi connectivity index (χ1) is 17.1. The molecule has 4 aromatic rings. The monoisotopic (exact) mass is 518 g/mol. The lowest BCUT2D eigenvalue weighted by Crippen LogP contribution is -2.14. The van der Waals surface area contributed by atoms with Gasteiger partial charge in [-0.2, -0.15) is 27.4 Å². The lowest BCUT2D eigenvalue weighted by Gasteiger charge is -2.17. The van der Waals surface area contributed by atoms with Crippen LogP contribution >= 0.6 is 0 Å². The van der Waals surface area contributed by atoms with Gasteiger partial charge in [0.2, 0.25) is 0 Å². The zero-order chi connectivity index (χ0) is 26.1. The van der Waals surface area contributed by atoms with Crippen LogP contribution in [0.5, 0.6) is 11.5 Å². The summed E-state index contributed by atoms with van der Waals surface area (Å²) in [6.07, 6.45) is 0. The highest BCUT2D eigenvalue weighted by atomic mass is 32.2. The Morgan fingerprint density at radius 2 is 0.917 bits per heavy atom. The lowest BCUT2D eigenvalue weighted by atomic mass is 9.99. The summed E-state index contributed by atoms with van der Waals surface area (Å²) in [6.45, 7) is 3.59. The molecular weight excluding hydrogens is 500 g/mol. The van der Waals surface area contributed by atoms with E-state index in [1.54, 1.807) is 62.4 Å². The van der Waals surface area contributed by atoms with Gasteiger partial charge in [-0.3, -0.25) is 0 Å². The van der Waals surface area contributed by atoms with Crippen molar-refractivity contribution in [1.82, 2.24) is 0 Å². The average Bonchev–Trinajstić information content (AvgIpc) is 2.85. The van der Waals surface area contributed by atoms with Crippen molar-refractivity contribution in [2.75, 3.05) is 0 Å². The molecule has 10 heteroatoms. The van der Waals surface area contributed by atoms with Crippen LogP contribution in [0.25, 0.3) is 10.8 Å². The molecule has 0 saturated carbocycles. The standard InChI is InChI=1S/C26H18N2O6S2/c1-17-7-11-19(12-8-17)35(29,30)33-25-21-5-3-4-6-22(21)26(24(16-28)23(25)15-27)34-36(31,32)20-13-9-18(2)10-14-20/h3-14H,1-2H3. The van der Waals surface area contributed by atoms with Crippen molar-refractivity contribution in [2.24, 2.45) is 0 Å². The Morgan fingerprint density at radius 1 is 0.583 bits per heavy atom. The van der Waals surface area contributed by atoms with Crippen molar-refractivity contribution < 1.29 is 25.2 Å². The van der Waals surface area contributed by atoms with Crippen LogP contribution in [-0.4, -0.2) is 16.8 Å². The van der Waals surface area contributed by atoms with E-state index in [0.29, 0.717) is 0 Å². The topological polar surface area (TPSA) is 134 Å². The van der Waals surface area contributed by atoms with Crippen LogP contribution in [0.15, 0.2) is 82.6 Å². The molecule has 4 rings (SSSR count). The molecule has 0 aliphatic carbocycles. The molecule has 180 valence electrons. The van der Waals surface area contributed by atoms with Gasteiger partial charge in [0.05, 0.1) is 0 Å². The first-order valence-corrected chi connectivity index (χ1v) is 13.3. The van der Waals surface area contributed by atoms with Gasteiger partial charge in [-0.15, -0.1) is 0 Å². The third kappa shape index (κ3) is 4.60. The number of fused-ring (bicyclic) bond motifs is 1. The maximum Gasteiger partial charge on any atom is 0.339 e. The fourth-order valence-corrected chi connectivity index (χ4v) is 5.40. The van der Waals surface area contributed by atoms with Crippen molar-refractivity contribution in [3.05, 3.63) is 95.1 Å². The zero-order valence-corrected chi connectivity index (χ0v) is 20.7. The molecule has 0 spiro atoms. The maximum atomic E-state index is 13.0. The van der Waals surface area contributed by atoms with Gasteiger partial charge in [0, 0.05) is 10.8 Å². The predicted molar refractivity (Wildman–Crippen MR) is 131 cm³/mol. The van der Waals surface area contributed by atoms with E-state index in [0.717, 1.165) is 11.1 Å². The molecule has 36 heavy (non-hydrogen) atoms. The molecule has 8 nitrogen and oxygen atoms in total. The fourth-order valence-electron chi connectivity index (χ4n) is 3.49. The highest BCUT2D eigenvalue weighted by Gasteiger charge is 2.29. The SMILES string of the molecule is Cc1ccc(S(=O)(=O)Oc2c(C#N)c(C#N)c(OS(=O)(=O)c3ccc(C)cc3)c3ccccc23)cc1. The minimum atomic E-state index is -4.39. The third-order valence-electron chi connectivity index (χ3n) is 5.35. The average molecular weight is 519 g/mol. The van der Waals surface area contributed by atoms with E-state index in [2.05, 4.69) is 0 Å². The zero-order valence-electron chi connectivity index (χ0n) is 19.1. The molecule has 0 unspecified atom stereocenters. The molecular formula is C26H18N2O6S2. The Bertz CT molecular complexity index is 1650. The number of nitriles is 2. The summed E-state index contributed by atoms with van der Waals surface area (Å²) in [5.41, 5.74) is 0.724. The molecule has 0 aliphatic heterocycles. The van der Waals surface area contributed by atoms with Crippen LogP contribution in [-0.2, 0) is 20.2 Å². The summed E-state index contributed by atoms with van der Waals surface area (Å²) >= 11 is 0. The summed E-state index contributed by atoms with van der Waals surface area (Å²) < 4.78 is 62.8. The summed E-state index contributed by atoms with van der Waals surface area (Å²) in [5.74, 6) is -0.796.